The van der Waals surface area contributed by atoms with Gasteiger partial charge in [-0.2, -0.15) is 0 Å². The van der Waals surface area contributed by atoms with Crippen molar-refractivity contribution in [3.05, 3.63) is 63.7 Å². The molecule has 27 heavy (non-hydrogen) atoms. The standard InChI is InChI=1S/C19H19NO7/c1-25-19(22)8-5-9-26-18-11-16(20(23)24)15(12-21)10-17(18)27-13-14-6-3-2-4-7-14/h2-4,6-7,10-12H,5,8-9,13H2,1H3. The molecule has 0 bridgehead atoms. The van der Waals surface area contributed by atoms with Crippen molar-refractivity contribution in [1.29, 1.82) is 0 Å². The minimum absolute atomic E-state index is 0.107. The van der Waals surface area contributed by atoms with Gasteiger partial charge in [-0.3, -0.25) is 19.7 Å². The minimum atomic E-state index is -0.661. The van der Waals surface area contributed by atoms with Crippen LogP contribution in [-0.2, 0) is 16.1 Å². The molecule has 0 aromatic heterocycles. The van der Waals surface area contributed by atoms with Gasteiger partial charge in [0.15, 0.2) is 17.8 Å². The summed E-state index contributed by atoms with van der Waals surface area (Å²) in [5.74, 6) is -0.0286. The second-order valence-corrected chi connectivity index (χ2v) is 5.54. The Morgan fingerprint density at radius 3 is 2.48 bits per heavy atom. The zero-order valence-corrected chi connectivity index (χ0v) is 14.8. The minimum Gasteiger partial charge on any atom is -0.489 e. The highest BCUT2D eigenvalue weighted by atomic mass is 16.6. The topological polar surface area (TPSA) is 105 Å². The van der Waals surface area contributed by atoms with Gasteiger partial charge in [0, 0.05) is 12.5 Å². The van der Waals surface area contributed by atoms with Gasteiger partial charge in [-0.15, -0.1) is 0 Å². The van der Waals surface area contributed by atoms with Crippen LogP contribution in [0.25, 0.3) is 0 Å². The third-order valence-electron chi connectivity index (χ3n) is 3.66. The van der Waals surface area contributed by atoms with E-state index >= 15 is 0 Å². The SMILES string of the molecule is COC(=O)CCCOc1cc([N+](=O)[O-])c(C=O)cc1OCc1ccccc1. The highest BCUT2D eigenvalue weighted by Gasteiger charge is 2.20. The second-order valence-electron chi connectivity index (χ2n) is 5.54. The molecule has 0 N–H and O–H groups in total. The largest absolute Gasteiger partial charge is 0.489 e. The Morgan fingerprint density at radius 1 is 1.15 bits per heavy atom. The fraction of sp³-hybridized carbons (Fsp3) is 0.263. The number of hydrogen-bond donors (Lipinski definition) is 0. The summed E-state index contributed by atoms with van der Waals surface area (Å²) in [4.78, 5) is 32.8. The summed E-state index contributed by atoms with van der Waals surface area (Å²) in [6.07, 6.45) is 0.924. The molecule has 2 aromatic rings. The molecule has 2 aromatic carbocycles. The van der Waals surface area contributed by atoms with E-state index in [4.69, 9.17) is 9.47 Å². The lowest BCUT2D eigenvalue weighted by atomic mass is 10.1. The smallest absolute Gasteiger partial charge is 0.305 e. The van der Waals surface area contributed by atoms with Gasteiger partial charge in [0.25, 0.3) is 5.69 Å². The lowest BCUT2D eigenvalue weighted by Crippen LogP contribution is -2.07. The molecule has 0 heterocycles. The van der Waals surface area contributed by atoms with Crippen LogP contribution in [-0.4, -0.2) is 30.9 Å². The van der Waals surface area contributed by atoms with Crippen molar-refractivity contribution in [2.24, 2.45) is 0 Å². The third kappa shape index (κ3) is 5.81. The van der Waals surface area contributed by atoms with Crippen LogP contribution >= 0.6 is 0 Å². The Balaban J connectivity index is 2.18. The lowest BCUT2D eigenvalue weighted by Gasteiger charge is -2.13. The first-order chi connectivity index (χ1) is 13.0. The number of hydrogen-bond acceptors (Lipinski definition) is 7. The molecule has 0 aliphatic heterocycles. The molecule has 2 rings (SSSR count). The Hall–Kier alpha value is -3.42. The number of carbonyl (C=O) groups is 2. The van der Waals surface area contributed by atoms with Crippen LogP contribution in [0.1, 0.15) is 28.8 Å². The number of nitro groups is 1. The van der Waals surface area contributed by atoms with Gasteiger partial charge in [-0.25, -0.2) is 0 Å². The zero-order chi connectivity index (χ0) is 19.6. The van der Waals surface area contributed by atoms with E-state index in [-0.39, 0.29) is 48.4 Å². The van der Waals surface area contributed by atoms with Crippen LogP contribution in [0.4, 0.5) is 5.69 Å². The van der Waals surface area contributed by atoms with Gasteiger partial charge >= 0.3 is 5.97 Å². The van der Waals surface area contributed by atoms with E-state index in [1.54, 1.807) is 0 Å². The van der Waals surface area contributed by atoms with Crippen molar-refractivity contribution >= 4 is 17.9 Å². The lowest BCUT2D eigenvalue weighted by molar-refractivity contribution is -0.385. The number of ether oxygens (including phenoxy) is 3. The van der Waals surface area contributed by atoms with Crippen LogP contribution in [0, 0.1) is 10.1 Å². The van der Waals surface area contributed by atoms with E-state index in [1.807, 2.05) is 30.3 Å². The van der Waals surface area contributed by atoms with Gasteiger partial charge in [0.2, 0.25) is 0 Å². The fourth-order valence-electron chi connectivity index (χ4n) is 2.28. The Morgan fingerprint density at radius 2 is 1.85 bits per heavy atom. The number of methoxy groups -OCH3 is 1. The predicted molar refractivity (Wildman–Crippen MR) is 96.0 cm³/mol. The molecule has 142 valence electrons. The number of aldehydes is 1. The molecule has 0 aliphatic rings. The molecule has 8 nitrogen and oxygen atoms in total. The van der Waals surface area contributed by atoms with Gasteiger partial charge in [-0.1, -0.05) is 30.3 Å². The Kier molecular flexibility index (Phi) is 7.30. The number of nitrogens with zero attached hydrogens (tertiary/aromatic N) is 1. The quantitative estimate of drug-likeness (QED) is 0.207. The highest BCUT2D eigenvalue weighted by Crippen LogP contribution is 2.35. The molecule has 0 radical (unpaired) electrons. The summed E-state index contributed by atoms with van der Waals surface area (Å²) in [6.45, 7) is 0.337. The molecular weight excluding hydrogens is 354 g/mol. The third-order valence-corrected chi connectivity index (χ3v) is 3.66. The van der Waals surface area contributed by atoms with Crippen LogP contribution in [0.5, 0.6) is 11.5 Å². The molecule has 0 fully saturated rings. The van der Waals surface area contributed by atoms with Crippen LogP contribution in [0.2, 0.25) is 0 Å². The molecule has 8 heteroatoms. The maximum absolute atomic E-state index is 11.2. The average Bonchev–Trinajstić information content (AvgIpc) is 2.69. The molecule has 0 aliphatic carbocycles. The Labute approximate surface area is 155 Å². The monoisotopic (exact) mass is 373 g/mol. The number of nitro benzene ring substituents is 1. The van der Waals surface area contributed by atoms with Crippen molar-refractivity contribution < 1.29 is 28.7 Å². The van der Waals surface area contributed by atoms with Crippen LogP contribution < -0.4 is 9.47 Å². The molecule has 0 amide bonds. The maximum Gasteiger partial charge on any atom is 0.305 e. The van der Waals surface area contributed by atoms with Crippen molar-refractivity contribution in [3.8, 4) is 11.5 Å². The second kappa shape index (κ2) is 9.91. The first kappa shape index (κ1) is 19.9. The molecule has 0 saturated carbocycles. The fourth-order valence-corrected chi connectivity index (χ4v) is 2.28. The predicted octanol–water partition coefficient (Wildman–Crippen LogP) is 3.32. The number of carbonyl (C=O) groups excluding carboxylic acids is 2. The number of benzene rings is 2. The van der Waals surface area contributed by atoms with Gasteiger partial charge < -0.3 is 14.2 Å². The summed E-state index contributed by atoms with van der Waals surface area (Å²) < 4.78 is 15.8. The van der Waals surface area contributed by atoms with Crippen LogP contribution in [0.15, 0.2) is 42.5 Å². The molecule has 0 spiro atoms. The van der Waals surface area contributed by atoms with Crippen molar-refractivity contribution in [1.82, 2.24) is 0 Å². The van der Waals surface area contributed by atoms with Crippen LogP contribution in [0.3, 0.4) is 0 Å². The van der Waals surface area contributed by atoms with Gasteiger partial charge in [0.05, 0.1) is 30.3 Å². The molecule has 0 saturated heterocycles. The van der Waals surface area contributed by atoms with E-state index in [0.717, 1.165) is 11.6 Å². The highest BCUT2D eigenvalue weighted by molar-refractivity contribution is 5.83. The molecule has 0 unspecified atom stereocenters. The van der Waals surface area contributed by atoms with E-state index in [2.05, 4.69) is 4.74 Å². The van der Waals surface area contributed by atoms with Crippen molar-refractivity contribution in [2.75, 3.05) is 13.7 Å². The van der Waals surface area contributed by atoms with Gasteiger partial charge in [-0.05, 0) is 12.0 Å². The van der Waals surface area contributed by atoms with E-state index in [0.29, 0.717) is 12.7 Å². The average molecular weight is 373 g/mol. The first-order valence-corrected chi connectivity index (χ1v) is 8.19. The summed E-state index contributed by atoms with van der Waals surface area (Å²) in [5, 5.41) is 11.2. The summed E-state index contributed by atoms with van der Waals surface area (Å²) in [5.41, 5.74) is 0.408. The maximum atomic E-state index is 11.2. The molecular formula is C19H19NO7. The van der Waals surface area contributed by atoms with E-state index < -0.39 is 4.92 Å². The van der Waals surface area contributed by atoms with E-state index in [1.165, 1.54) is 13.2 Å². The molecule has 0 atom stereocenters. The summed E-state index contributed by atoms with van der Waals surface area (Å²) >= 11 is 0. The van der Waals surface area contributed by atoms with E-state index in [9.17, 15) is 19.7 Å². The zero-order valence-electron chi connectivity index (χ0n) is 14.8. The first-order valence-electron chi connectivity index (χ1n) is 8.19. The normalized spacial score (nSPS) is 10.1. The summed E-state index contributed by atoms with van der Waals surface area (Å²) in [7, 11) is 1.29. The number of esters is 1. The van der Waals surface area contributed by atoms with Gasteiger partial charge in [0.1, 0.15) is 6.61 Å². The van der Waals surface area contributed by atoms with Crippen molar-refractivity contribution in [3.63, 3.8) is 0 Å². The Bertz CT molecular complexity index is 805. The van der Waals surface area contributed by atoms with Crippen molar-refractivity contribution in [2.45, 2.75) is 19.4 Å². The number of rotatable bonds is 10. The summed E-state index contributed by atoms with van der Waals surface area (Å²) in [6, 6.07) is 11.7.